The zero-order chi connectivity index (χ0) is 17.8. The summed E-state index contributed by atoms with van der Waals surface area (Å²) in [4.78, 5) is 30.6. The summed E-state index contributed by atoms with van der Waals surface area (Å²) in [6.07, 6.45) is 3.18. The summed E-state index contributed by atoms with van der Waals surface area (Å²) in [5, 5.41) is 4.86. The molecular weight excluding hydrogens is 342 g/mol. The highest BCUT2D eigenvalue weighted by atomic mass is 32.1. The van der Waals surface area contributed by atoms with Gasteiger partial charge in [-0.25, -0.2) is 4.98 Å². The van der Waals surface area contributed by atoms with Crippen LogP contribution < -0.4 is 16.6 Å². The molecule has 25 heavy (non-hydrogen) atoms. The Morgan fingerprint density at radius 1 is 1.56 bits per heavy atom. The fourth-order valence-corrected chi connectivity index (χ4v) is 3.60. The number of carbonyl (C=O) groups is 1. The molecule has 0 aromatic carbocycles. The highest BCUT2D eigenvalue weighted by molar-refractivity contribution is 7.10. The van der Waals surface area contributed by atoms with Crippen LogP contribution in [0.2, 0.25) is 0 Å². The summed E-state index contributed by atoms with van der Waals surface area (Å²) >= 11 is 1.53. The van der Waals surface area contributed by atoms with E-state index >= 15 is 0 Å². The summed E-state index contributed by atoms with van der Waals surface area (Å²) in [6, 6.07) is 1.84. The molecule has 0 radical (unpaired) electrons. The minimum atomic E-state index is -0.400. The molecule has 0 aliphatic carbocycles. The molecule has 0 bridgehead atoms. The molecule has 1 fully saturated rings. The van der Waals surface area contributed by atoms with Gasteiger partial charge in [0, 0.05) is 55.9 Å². The molecule has 0 spiro atoms. The number of nitrogens with two attached hydrogens (primary N) is 1. The van der Waals surface area contributed by atoms with Gasteiger partial charge in [-0.2, -0.15) is 0 Å². The number of anilines is 1. The van der Waals surface area contributed by atoms with Gasteiger partial charge in [-0.05, 0) is 6.07 Å². The van der Waals surface area contributed by atoms with Gasteiger partial charge < -0.3 is 20.4 Å². The van der Waals surface area contributed by atoms with Crippen molar-refractivity contribution in [2.24, 2.45) is 12.8 Å². The Morgan fingerprint density at radius 2 is 2.40 bits per heavy atom. The van der Waals surface area contributed by atoms with Crippen molar-refractivity contribution in [2.75, 3.05) is 31.6 Å². The highest BCUT2D eigenvalue weighted by Crippen LogP contribution is 2.18. The third-order valence-electron chi connectivity index (χ3n) is 4.05. The van der Waals surface area contributed by atoms with Crippen molar-refractivity contribution in [3.05, 3.63) is 44.6 Å². The van der Waals surface area contributed by atoms with Crippen molar-refractivity contribution in [3.8, 4) is 0 Å². The number of aryl methyl sites for hydroxylation is 1. The number of aromatic nitrogens is 2. The van der Waals surface area contributed by atoms with Gasteiger partial charge in [0.25, 0.3) is 5.56 Å². The molecule has 2 aromatic heterocycles. The first-order chi connectivity index (χ1) is 12.0. The van der Waals surface area contributed by atoms with E-state index < -0.39 is 5.91 Å². The van der Waals surface area contributed by atoms with Crippen molar-refractivity contribution < 1.29 is 9.53 Å². The van der Waals surface area contributed by atoms with Gasteiger partial charge in [-0.15, -0.1) is 11.3 Å². The van der Waals surface area contributed by atoms with E-state index in [1.807, 2.05) is 6.07 Å². The number of hydrogen-bond donors (Lipinski definition) is 2. The van der Waals surface area contributed by atoms with Gasteiger partial charge in [-0.1, -0.05) is 0 Å². The van der Waals surface area contributed by atoms with E-state index in [0.29, 0.717) is 24.5 Å². The maximum Gasteiger partial charge on any atom is 0.293 e. The van der Waals surface area contributed by atoms with E-state index in [-0.39, 0.29) is 11.7 Å². The van der Waals surface area contributed by atoms with Crippen molar-refractivity contribution >= 4 is 23.1 Å². The molecule has 1 aliphatic heterocycles. The highest BCUT2D eigenvalue weighted by Gasteiger charge is 2.21. The lowest BCUT2D eigenvalue weighted by Crippen LogP contribution is -2.45. The predicted molar refractivity (Wildman–Crippen MR) is 95.8 cm³/mol. The van der Waals surface area contributed by atoms with Gasteiger partial charge in [0.05, 0.1) is 18.3 Å². The number of morpholine rings is 1. The average molecular weight is 363 g/mol. The number of nitrogens with one attached hydrogen (secondary N) is 1. The lowest BCUT2D eigenvalue weighted by molar-refractivity contribution is -0.0237. The third kappa shape index (κ3) is 4.44. The molecule has 2 aromatic rings. The standard InChI is InChI=1S/C16H21N5O3S/c1-20-3-2-18-15(16(20)23)19-7-12-8-21(4-5-24-12)9-13-6-11(10-25-13)14(17)22/h2-3,6,10,12H,4-5,7-9H2,1H3,(H2,17,22)(H,18,19)/t12-/m1/s1. The second-order valence-corrected chi connectivity index (χ2v) is 6.96. The van der Waals surface area contributed by atoms with Gasteiger partial charge in [-0.3, -0.25) is 14.5 Å². The van der Waals surface area contributed by atoms with Crippen LogP contribution >= 0.6 is 11.3 Å². The van der Waals surface area contributed by atoms with Crippen LogP contribution in [-0.2, 0) is 18.3 Å². The lowest BCUT2D eigenvalue weighted by atomic mass is 10.2. The van der Waals surface area contributed by atoms with Crippen LogP contribution in [0.15, 0.2) is 28.6 Å². The van der Waals surface area contributed by atoms with Crippen LogP contribution in [0, 0.1) is 0 Å². The van der Waals surface area contributed by atoms with Crippen LogP contribution in [0.5, 0.6) is 0 Å². The zero-order valence-corrected chi connectivity index (χ0v) is 14.8. The number of ether oxygens (including phenoxy) is 1. The fraction of sp³-hybridized carbons (Fsp3) is 0.438. The molecule has 3 N–H and O–H groups in total. The van der Waals surface area contributed by atoms with Crippen LogP contribution in [0.1, 0.15) is 15.2 Å². The van der Waals surface area contributed by atoms with Gasteiger partial charge in [0.1, 0.15) is 0 Å². The molecule has 1 aliphatic rings. The first-order valence-electron chi connectivity index (χ1n) is 7.99. The number of nitrogens with zero attached hydrogens (tertiary/aromatic N) is 3. The summed E-state index contributed by atoms with van der Waals surface area (Å²) in [6.45, 7) is 3.46. The van der Waals surface area contributed by atoms with Crippen molar-refractivity contribution in [2.45, 2.75) is 12.6 Å². The smallest absolute Gasteiger partial charge is 0.293 e. The molecule has 1 atom stereocenters. The van der Waals surface area contributed by atoms with Crippen molar-refractivity contribution in [1.82, 2.24) is 14.5 Å². The quantitative estimate of drug-likeness (QED) is 0.763. The summed E-state index contributed by atoms with van der Waals surface area (Å²) in [5.41, 5.74) is 5.69. The van der Waals surface area contributed by atoms with Crippen LogP contribution in [0.3, 0.4) is 0 Å². The normalized spacial score (nSPS) is 18.2. The number of amides is 1. The molecule has 3 heterocycles. The second kappa shape index (κ2) is 7.77. The lowest BCUT2D eigenvalue weighted by Gasteiger charge is -2.32. The first kappa shape index (κ1) is 17.6. The minimum Gasteiger partial charge on any atom is -0.374 e. The van der Waals surface area contributed by atoms with E-state index in [2.05, 4.69) is 15.2 Å². The molecule has 1 saturated heterocycles. The largest absolute Gasteiger partial charge is 0.374 e. The Kier molecular flexibility index (Phi) is 5.47. The number of thiophene rings is 1. The summed E-state index contributed by atoms with van der Waals surface area (Å²) in [5.74, 6) is -0.0708. The Labute approximate surface area is 149 Å². The van der Waals surface area contributed by atoms with Crippen LogP contribution in [-0.4, -0.2) is 52.7 Å². The van der Waals surface area contributed by atoms with Crippen LogP contribution in [0.25, 0.3) is 0 Å². The van der Waals surface area contributed by atoms with E-state index in [1.54, 1.807) is 24.8 Å². The van der Waals surface area contributed by atoms with E-state index in [4.69, 9.17) is 10.5 Å². The monoisotopic (exact) mass is 363 g/mol. The summed E-state index contributed by atoms with van der Waals surface area (Å²) in [7, 11) is 1.69. The number of rotatable bonds is 6. The Hall–Kier alpha value is -2.23. The Morgan fingerprint density at radius 3 is 3.16 bits per heavy atom. The predicted octanol–water partition coefficient (Wildman–Crippen LogP) is 0.254. The van der Waals surface area contributed by atoms with Gasteiger partial charge in [0.15, 0.2) is 5.82 Å². The van der Waals surface area contributed by atoms with E-state index in [1.165, 1.54) is 15.9 Å². The van der Waals surface area contributed by atoms with Gasteiger partial charge in [0.2, 0.25) is 5.91 Å². The first-order valence-corrected chi connectivity index (χ1v) is 8.87. The van der Waals surface area contributed by atoms with Gasteiger partial charge >= 0.3 is 0 Å². The Balaban J connectivity index is 1.54. The Bertz CT molecular complexity index is 803. The topological polar surface area (TPSA) is 102 Å². The number of hydrogen-bond acceptors (Lipinski definition) is 7. The minimum absolute atomic E-state index is 0.0314. The molecule has 0 unspecified atom stereocenters. The molecule has 3 rings (SSSR count). The fourth-order valence-electron chi connectivity index (χ4n) is 2.69. The number of carbonyl (C=O) groups excluding carboxylic acids is 1. The molecule has 1 amide bonds. The third-order valence-corrected chi connectivity index (χ3v) is 4.98. The van der Waals surface area contributed by atoms with Crippen LogP contribution in [0.4, 0.5) is 5.82 Å². The maximum atomic E-state index is 12.0. The average Bonchev–Trinajstić information content (AvgIpc) is 3.05. The van der Waals surface area contributed by atoms with Crippen molar-refractivity contribution in [3.63, 3.8) is 0 Å². The molecule has 134 valence electrons. The summed E-state index contributed by atoms with van der Waals surface area (Å²) < 4.78 is 7.25. The molecular formula is C16H21N5O3S. The van der Waals surface area contributed by atoms with Crippen molar-refractivity contribution in [1.29, 1.82) is 0 Å². The number of primary amides is 1. The molecule has 8 nitrogen and oxygen atoms in total. The maximum absolute atomic E-state index is 12.0. The second-order valence-electron chi connectivity index (χ2n) is 5.97. The SMILES string of the molecule is Cn1ccnc(NC[C@@H]2CN(Cc3cc(C(N)=O)cs3)CCO2)c1=O. The zero-order valence-electron chi connectivity index (χ0n) is 14.0. The van der Waals surface area contributed by atoms with E-state index in [0.717, 1.165) is 24.5 Å². The molecule has 9 heteroatoms. The molecule has 0 saturated carbocycles. The van der Waals surface area contributed by atoms with E-state index in [9.17, 15) is 9.59 Å².